The standard InChI is InChI=1S/C7H10O/c1-5-3-4-7(8)6(5)2/h3,6H,4H2,1-2H3/t6-/m0/s1. The van der Waals surface area contributed by atoms with Crippen molar-refractivity contribution in [2.24, 2.45) is 5.92 Å². The molecule has 8 heavy (non-hydrogen) atoms. The monoisotopic (exact) mass is 110 g/mol. The first-order valence-corrected chi connectivity index (χ1v) is 2.91. The minimum Gasteiger partial charge on any atom is -0.299 e. The number of Topliss-reactive ketones (excluding diaryl/α,β-unsaturated/α-hetero) is 1. The highest BCUT2D eigenvalue weighted by Crippen LogP contribution is 2.20. The highest BCUT2D eigenvalue weighted by atomic mass is 16.1. The summed E-state index contributed by atoms with van der Waals surface area (Å²) in [7, 11) is 0. The summed E-state index contributed by atoms with van der Waals surface area (Å²) in [5.41, 5.74) is 1.23. The topological polar surface area (TPSA) is 17.1 Å². The molecule has 1 heteroatoms. The highest BCUT2D eigenvalue weighted by molar-refractivity contribution is 5.87. The molecule has 0 amide bonds. The van der Waals surface area contributed by atoms with Crippen LogP contribution in [-0.4, -0.2) is 5.78 Å². The SMILES string of the molecule is CC1=CCC(=O)[C@H]1C. The van der Waals surface area contributed by atoms with E-state index in [4.69, 9.17) is 0 Å². The van der Waals surface area contributed by atoms with Crippen LogP contribution in [0.5, 0.6) is 0 Å². The molecule has 1 aliphatic rings. The maximum atomic E-state index is 10.7. The molecule has 1 atom stereocenters. The fourth-order valence-corrected chi connectivity index (χ4v) is 0.869. The van der Waals surface area contributed by atoms with Gasteiger partial charge in [0.15, 0.2) is 0 Å². The van der Waals surface area contributed by atoms with Gasteiger partial charge in [0, 0.05) is 12.3 Å². The van der Waals surface area contributed by atoms with Crippen LogP contribution in [0, 0.1) is 5.92 Å². The summed E-state index contributed by atoms with van der Waals surface area (Å²) >= 11 is 0. The molecule has 0 aliphatic heterocycles. The van der Waals surface area contributed by atoms with Crippen molar-refractivity contribution >= 4 is 5.78 Å². The highest BCUT2D eigenvalue weighted by Gasteiger charge is 2.18. The molecule has 0 saturated heterocycles. The van der Waals surface area contributed by atoms with Gasteiger partial charge in [-0.3, -0.25) is 4.79 Å². The van der Waals surface area contributed by atoms with Crippen molar-refractivity contribution in [3.8, 4) is 0 Å². The molecule has 1 aliphatic carbocycles. The zero-order valence-corrected chi connectivity index (χ0v) is 5.27. The van der Waals surface area contributed by atoms with Crippen molar-refractivity contribution in [2.75, 3.05) is 0 Å². The molecule has 1 rings (SSSR count). The van der Waals surface area contributed by atoms with Crippen molar-refractivity contribution in [3.63, 3.8) is 0 Å². The van der Waals surface area contributed by atoms with Gasteiger partial charge in [0.2, 0.25) is 0 Å². The van der Waals surface area contributed by atoms with Gasteiger partial charge in [0.1, 0.15) is 5.78 Å². The molecule has 1 nitrogen and oxygen atoms in total. The quantitative estimate of drug-likeness (QED) is 0.432. The van der Waals surface area contributed by atoms with E-state index in [1.807, 2.05) is 19.9 Å². The lowest BCUT2D eigenvalue weighted by atomic mass is 10.1. The van der Waals surface area contributed by atoms with Crippen LogP contribution in [0.15, 0.2) is 11.6 Å². The number of hydrogen-bond acceptors (Lipinski definition) is 1. The minimum absolute atomic E-state index is 0.204. The zero-order valence-electron chi connectivity index (χ0n) is 5.27. The summed E-state index contributed by atoms with van der Waals surface area (Å²) in [5, 5.41) is 0. The molecule has 0 unspecified atom stereocenters. The smallest absolute Gasteiger partial charge is 0.143 e. The second-order valence-corrected chi connectivity index (χ2v) is 2.34. The van der Waals surface area contributed by atoms with Gasteiger partial charge in [-0.1, -0.05) is 18.6 Å². The molecule has 0 heterocycles. The lowest BCUT2D eigenvalue weighted by Gasteiger charge is -1.98. The molecule has 0 radical (unpaired) electrons. The van der Waals surface area contributed by atoms with Crippen molar-refractivity contribution in [2.45, 2.75) is 20.3 Å². The minimum atomic E-state index is 0.204. The molecule has 44 valence electrons. The van der Waals surface area contributed by atoms with E-state index in [0.717, 1.165) is 0 Å². The van der Waals surface area contributed by atoms with Crippen LogP contribution in [0.25, 0.3) is 0 Å². The van der Waals surface area contributed by atoms with E-state index in [1.54, 1.807) is 0 Å². The fraction of sp³-hybridized carbons (Fsp3) is 0.571. The van der Waals surface area contributed by atoms with E-state index in [0.29, 0.717) is 12.2 Å². The summed E-state index contributed by atoms with van der Waals surface area (Å²) in [6.45, 7) is 3.97. The molecular weight excluding hydrogens is 100 g/mol. The predicted molar refractivity (Wildman–Crippen MR) is 32.5 cm³/mol. The van der Waals surface area contributed by atoms with Gasteiger partial charge >= 0.3 is 0 Å². The van der Waals surface area contributed by atoms with E-state index in [-0.39, 0.29) is 5.92 Å². The second kappa shape index (κ2) is 1.73. The van der Waals surface area contributed by atoms with Gasteiger partial charge in [-0.05, 0) is 6.92 Å². The molecule has 0 aromatic carbocycles. The summed E-state index contributed by atoms with van der Waals surface area (Å²) in [6.07, 6.45) is 2.67. The number of rotatable bonds is 0. The van der Waals surface area contributed by atoms with E-state index in [9.17, 15) is 4.79 Å². The van der Waals surface area contributed by atoms with Crippen LogP contribution in [-0.2, 0) is 4.79 Å². The molecule has 0 saturated carbocycles. The Morgan fingerprint density at radius 1 is 1.75 bits per heavy atom. The molecule has 0 spiro atoms. The number of carbonyl (C=O) groups is 1. The Labute approximate surface area is 49.4 Å². The third-order valence-electron chi connectivity index (χ3n) is 1.79. The van der Waals surface area contributed by atoms with E-state index in [2.05, 4.69) is 0 Å². The first-order valence-electron chi connectivity index (χ1n) is 2.91. The third kappa shape index (κ3) is 0.683. The predicted octanol–water partition coefficient (Wildman–Crippen LogP) is 1.54. The van der Waals surface area contributed by atoms with Crippen LogP contribution in [0.1, 0.15) is 20.3 Å². The summed E-state index contributed by atoms with van der Waals surface area (Å²) in [5.74, 6) is 0.567. The summed E-state index contributed by atoms with van der Waals surface area (Å²) < 4.78 is 0. The van der Waals surface area contributed by atoms with Gasteiger partial charge in [-0.15, -0.1) is 0 Å². The van der Waals surface area contributed by atoms with E-state index in [1.165, 1.54) is 5.57 Å². The normalized spacial score (nSPS) is 28.5. The Balaban J connectivity index is 2.72. The van der Waals surface area contributed by atoms with Gasteiger partial charge in [0.25, 0.3) is 0 Å². The summed E-state index contributed by atoms with van der Waals surface area (Å²) in [4.78, 5) is 10.7. The number of allylic oxidation sites excluding steroid dienone is 2. The summed E-state index contributed by atoms with van der Waals surface area (Å²) in [6, 6.07) is 0. The van der Waals surface area contributed by atoms with Crippen molar-refractivity contribution < 1.29 is 4.79 Å². The Kier molecular flexibility index (Phi) is 1.20. The van der Waals surface area contributed by atoms with Crippen LogP contribution in [0.2, 0.25) is 0 Å². The largest absolute Gasteiger partial charge is 0.299 e. The lowest BCUT2D eigenvalue weighted by molar-refractivity contribution is -0.119. The molecule has 0 aromatic rings. The van der Waals surface area contributed by atoms with E-state index >= 15 is 0 Å². The second-order valence-electron chi connectivity index (χ2n) is 2.34. The maximum absolute atomic E-state index is 10.7. The number of carbonyl (C=O) groups excluding carboxylic acids is 1. The first-order chi connectivity index (χ1) is 3.72. The number of hydrogen-bond donors (Lipinski definition) is 0. The molecule has 0 N–H and O–H groups in total. The third-order valence-corrected chi connectivity index (χ3v) is 1.79. The van der Waals surface area contributed by atoms with Crippen LogP contribution in [0.4, 0.5) is 0 Å². The van der Waals surface area contributed by atoms with Gasteiger partial charge < -0.3 is 0 Å². The average molecular weight is 110 g/mol. The first kappa shape index (κ1) is 5.54. The molecular formula is C7H10O. The fourth-order valence-electron chi connectivity index (χ4n) is 0.869. The van der Waals surface area contributed by atoms with Crippen molar-refractivity contribution in [1.29, 1.82) is 0 Å². The van der Waals surface area contributed by atoms with E-state index < -0.39 is 0 Å². The van der Waals surface area contributed by atoms with Gasteiger partial charge in [-0.25, -0.2) is 0 Å². The Hall–Kier alpha value is -0.590. The van der Waals surface area contributed by atoms with Crippen LogP contribution < -0.4 is 0 Å². The Morgan fingerprint density at radius 2 is 2.38 bits per heavy atom. The maximum Gasteiger partial charge on any atom is 0.143 e. The van der Waals surface area contributed by atoms with Crippen LogP contribution in [0.3, 0.4) is 0 Å². The Morgan fingerprint density at radius 3 is 2.50 bits per heavy atom. The zero-order chi connectivity index (χ0) is 6.15. The molecule has 0 fully saturated rings. The lowest BCUT2D eigenvalue weighted by Crippen LogP contribution is -2.02. The van der Waals surface area contributed by atoms with Gasteiger partial charge in [0.05, 0.1) is 0 Å². The van der Waals surface area contributed by atoms with Crippen LogP contribution >= 0.6 is 0 Å². The number of ketones is 1. The van der Waals surface area contributed by atoms with Crippen molar-refractivity contribution in [1.82, 2.24) is 0 Å². The van der Waals surface area contributed by atoms with Crippen molar-refractivity contribution in [3.05, 3.63) is 11.6 Å². The average Bonchev–Trinajstić information content (AvgIpc) is 1.98. The molecule has 0 aromatic heterocycles. The van der Waals surface area contributed by atoms with Gasteiger partial charge in [-0.2, -0.15) is 0 Å². The Bertz CT molecular complexity index is 144. The molecule has 0 bridgehead atoms.